The van der Waals surface area contributed by atoms with Gasteiger partial charge in [-0.15, -0.1) is 0 Å². The second-order valence-corrected chi connectivity index (χ2v) is 7.20. The maximum absolute atomic E-state index is 9.53. The number of phenols is 1. The van der Waals surface area contributed by atoms with Gasteiger partial charge in [0.2, 0.25) is 8.32 Å². The summed E-state index contributed by atoms with van der Waals surface area (Å²) in [6.45, 7) is 4.12. The normalized spacial score (nSPS) is 11.6. The number of benzene rings is 1. The van der Waals surface area contributed by atoms with Crippen molar-refractivity contribution in [2.24, 2.45) is 0 Å². The second-order valence-electron chi connectivity index (χ2n) is 3.23. The zero-order chi connectivity index (χ0) is 9.19. The van der Waals surface area contributed by atoms with Gasteiger partial charge in [-0.05, 0) is 19.2 Å². The summed E-state index contributed by atoms with van der Waals surface area (Å²) in [5.41, 5.74) is 0. The lowest BCUT2D eigenvalue weighted by Crippen LogP contribution is -2.43. The van der Waals surface area contributed by atoms with E-state index < -0.39 is 8.32 Å². The first-order chi connectivity index (χ1) is 5.58. The Morgan fingerprint density at radius 1 is 1.25 bits per heavy atom. The molecule has 0 saturated heterocycles. The van der Waals surface area contributed by atoms with E-state index in [9.17, 15) is 5.11 Å². The molecule has 1 aromatic carbocycles. The van der Waals surface area contributed by atoms with E-state index in [-0.39, 0.29) is 0 Å². The molecule has 0 fully saturated rings. The lowest BCUT2D eigenvalue weighted by molar-refractivity contribution is 0.412. The lowest BCUT2D eigenvalue weighted by Gasteiger charge is -2.21. The molecule has 0 aliphatic rings. The predicted octanol–water partition coefficient (Wildman–Crippen LogP) is 1.45. The highest BCUT2D eigenvalue weighted by Gasteiger charge is 2.26. The van der Waals surface area contributed by atoms with Crippen molar-refractivity contribution in [3.05, 3.63) is 24.3 Å². The highest BCUT2D eigenvalue weighted by atomic mass is 28.4. The zero-order valence-corrected chi connectivity index (χ0v) is 8.66. The van der Waals surface area contributed by atoms with Gasteiger partial charge in [-0.3, -0.25) is 0 Å². The van der Waals surface area contributed by atoms with E-state index in [1.54, 1.807) is 13.2 Å². The standard InChI is InChI=1S/C9H14O2Si/c1-11-12(2,3)9-7-5-4-6-8(9)10/h4-7,10H,1-3H3. The van der Waals surface area contributed by atoms with Gasteiger partial charge >= 0.3 is 0 Å². The summed E-state index contributed by atoms with van der Waals surface area (Å²) in [4.78, 5) is 0. The maximum Gasteiger partial charge on any atom is 0.221 e. The maximum atomic E-state index is 9.53. The van der Waals surface area contributed by atoms with E-state index in [0.29, 0.717) is 5.75 Å². The fourth-order valence-electron chi connectivity index (χ4n) is 1.09. The van der Waals surface area contributed by atoms with Gasteiger partial charge in [0.25, 0.3) is 0 Å². The van der Waals surface area contributed by atoms with Crippen molar-refractivity contribution < 1.29 is 9.53 Å². The third-order valence-electron chi connectivity index (χ3n) is 2.06. The van der Waals surface area contributed by atoms with Crippen LogP contribution >= 0.6 is 0 Å². The Balaban J connectivity index is 3.10. The van der Waals surface area contributed by atoms with Crippen LogP contribution in [0.3, 0.4) is 0 Å². The quantitative estimate of drug-likeness (QED) is 0.701. The van der Waals surface area contributed by atoms with Crippen molar-refractivity contribution in [2.75, 3.05) is 7.11 Å². The summed E-state index contributed by atoms with van der Waals surface area (Å²) in [5, 5.41) is 10.5. The van der Waals surface area contributed by atoms with E-state index in [1.165, 1.54) is 0 Å². The average molecular weight is 182 g/mol. The number of aromatic hydroxyl groups is 1. The Kier molecular flexibility index (Phi) is 2.54. The number of phenolic OH excluding ortho intramolecular Hbond substituents is 1. The van der Waals surface area contributed by atoms with E-state index in [1.807, 2.05) is 18.2 Å². The van der Waals surface area contributed by atoms with Crippen LogP contribution in [0.1, 0.15) is 0 Å². The summed E-state index contributed by atoms with van der Waals surface area (Å²) in [6, 6.07) is 7.36. The van der Waals surface area contributed by atoms with Crippen LogP contribution in [0.2, 0.25) is 13.1 Å². The highest BCUT2D eigenvalue weighted by molar-refractivity contribution is 6.85. The molecule has 0 aromatic heterocycles. The molecular weight excluding hydrogens is 168 g/mol. The zero-order valence-electron chi connectivity index (χ0n) is 7.66. The molecule has 0 radical (unpaired) electrons. The molecule has 0 atom stereocenters. The van der Waals surface area contributed by atoms with E-state index in [4.69, 9.17) is 4.43 Å². The molecule has 0 heterocycles. The monoisotopic (exact) mass is 182 g/mol. The van der Waals surface area contributed by atoms with Gasteiger partial charge in [-0.1, -0.05) is 18.2 Å². The molecule has 0 unspecified atom stereocenters. The number of hydrogen-bond acceptors (Lipinski definition) is 2. The summed E-state index contributed by atoms with van der Waals surface area (Å²) in [5.74, 6) is 0.344. The molecule has 2 nitrogen and oxygen atoms in total. The van der Waals surface area contributed by atoms with Crippen molar-refractivity contribution in [3.63, 3.8) is 0 Å². The Labute approximate surface area is 73.9 Å². The summed E-state index contributed by atoms with van der Waals surface area (Å²) >= 11 is 0. The molecule has 0 bridgehead atoms. The third kappa shape index (κ3) is 1.68. The van der Waals surface area contributed by atoms with Gasteiger partial charge in [-0.2, -0.15) is 0 Å². The minimum Gasteiger partial charge on any atom is -0.508 e. The molecular formula is C9H14O2Si. The largest absolute Gasteiger partial charge is 0.508 e. The fourth-order valence-corrected chi connectivity index (χ4v) is 2.51. The van der Waals surface area contributed by atoms with E-state index in [0.717, 1.165) is 5.19 Å². The summed E-state index contributed by atoms with van der Waals surface area (Å²) in [7, 11) is -0.155. The summed E-state index contributed by atoms with van der Waals surface area (Å²) < 4.78 is 5.38. The Morgan fingerprint density at radius 3 is 2.33 bits per heavy atom. The molecule has 0 amide bonds. The molecule has 66 valence electrons. The molecule has 1 rings (SSSR count). The van der Waals surface area contributed by atoms with Crippen LogP contribution in [-0.4, -0.2) is 20.5 Å². The van der Waals surface area contributed by atoms with Crippen LogP contribution in [0.4, 0.5) is 0 Å². The molecule has 12 heavy (non-hydrogen) atoms. The average Bonchev–Trinajstić information content (AvgIpc) is 2.05. The van der Waals surface area contributed by atoms with Crippen LogP contribution in [0, 0.1) is 0 Å². The van der Waals surface area contributed by atoms with E-state index >= 15 is 0 Å². The number of para-hydroxylation sites is 1. The van der Waals surface area contributed by atoms with Crippen molar-refractivity contribution in [2.45, 2.75) is 13.1 Å². The van der Waals surface area contributed by atoms with Crippen molar-refractivity contribution in [1.29, 1.82) is 0 Å². The van der Waals surface area contributed by atoms with Gasteiger partial charge in [0.05, 0.1) is 0 Å². The molecule has 3 heteroatoms. The highest BCUT2D eigenvalue weighted by Crippen LogP contribution is 2.12. The molecule has 1 N–H and O–H groups in total. The van der Waals surface area contributed by atoms with Crippen LogP contribution in [-0.2, 0) is 4.43 Å². The minimum absolute atomic E-state index is 0.344. The number of hydrogen-bond donors (Lipinski definition) is 1. The third-order valence-corrected chi connectivity index (χ3v) is 4.80. The minimum atomic E-state index is -1.85. The van der Waals surface area contributed by atoms with Gasteiger partial charge < -0.3 is 9.53 Å². The number of rotatable bonds is 2. The van der Waals surface area contributed by atoms with Crippen LogP contribution < -0.4 is 5.19 Å². The molecule has 0 aliphatic carbocycles. The van der Waals surface area contributed by atoms with Crippen LogP contribution in [0.15, 0.2) is 24.3 Å². The van der Waals surface area contributed by atoms with Gasteiger partial charge in [0, 0.05) is 12.3 Å². The van der Waals surface area contributed by atoms with Crippen LogP contribution in [0.5, 0.6) is 5.75 Å². The van der Waals surface area contributed by atoms with Crippen molar-refractivity contribution in [3.8, 4) is 5.75 Å². The topological polar surface area (TPSA) is 29.5 Å². The second kappa shape index (κ2) is 3.29. The first-order valence-corrected chi connectivity index (χ1v) is 6.82. The predicted molar refractivity (Wildman–Crippen MR) is 52.2 cm³/mol. The van der Waals surface area contributed by atoms with Gasteiger partial charge in [0.1, 0.15) is 5.75 Å². The van der Waals surface area contributed by atoms with Crippen molar-refractivity contribution >= 4 is 13.5 Å². The Hall–Kier alpha value is -0.803. The molecule has 0 aliphatic heterocycles. The first-order valence-electron chi connectivity index (χ1n) is 3.91. The van der Waals surface area contributed by atoms with Gasteiger partial charge in [-0.25, -0.2) is 0 Å². The molecule has 1 aromatic rings. The lowest BCUT2D eigenvalue weighted by atomic mass is 10.3. The Bertz CT molecular complexity index is 271. The van der Waals surface area contributed by atoms with Gasteiger partial charge in [0.15, 0.2) is 0 Å². The molecule has 0 spiro atoms. The Morgan fingerprint density at radius 2 is 1.83 bits per heavy atom. The van der Waals surface area contributed by atoms with Crippen molar-refractivity contribution in [1.82, 2.24) is 0 Å². The SMILES string of the molecule is CO[Si](C)(C)c1ccccc1O. The summed E-state index contributed by atoms with van der Waals surface area (Å²) in [6.07, 6.45) is 0. The van der Waals surface area contributed by atoms with Crippen LogP contribution in [0.25, 0.3) is 0 Å². The van der Waals surface area contributed by atoms with E-state index in [2.05, 4.69) is 13.1 Å². The fraction of sp³-hybridized carbons (Fsp3) is 0.333. The smallest absolute Gasteiger partial charge is 0.221 e. The first kappa shape index (κ1) is 9.29. The molecule has 0 saturated carbocycles.